The van der Waals surface area contributed by atoms with Crippen LogP contribution < -0.4 is 5.32 Å². The van der Waals surface area contributed by atoms with E-state index in [9.17, 15) is 9.59 Å². The van der Waals surface area contributed by atoms with Gasteiger partial charge in [-0.1, -0.05) is 0 Å². The van der Waals surface area contributed by atoms with Gasteiger partial charge in [0.2, 0.25) is 11.8 Å². The molecule has 96 valence electrons. The minimum absolute atomic E-state index is 0.0309. The van der Waals surface area contributed by atoms with Gasteiger partial charge >= 0.3 is 0 Å². The lowest BCUT2D eigenvalue weighted by Crippen LogP contribution is -2.34. The molecule has 0 spiro atoms. The second-order valence-electron chi connectivity index (χ2n) is 4.69. The second-order valence-corrected chi connectivity index (χ2v) is 4.69. The van der Waals surface area contributed by atoms with E-state index < -0.39 is 0 Å². The molecule has 2 amide bonds. The number of carbonyl (C=O) groups is 2. The molecule has 0 saturated carbocycles. The normalized spacial score (nSPS) is 24.4. The molecule has 0 aromatic heterocycles. The van der Waals surface area contributed by atoms with E-state index in [-0.39, 0.29) is 17.7 Å². The number of nitrogens with one attached hydrogen (secondary N) is 1. The Hall–Kier alpha value is -1.10. The smallest absolute Gasteiger partial charge is 0.225 e. The molecule has 2 rings (SSSR count). The molecule has 2 saturated heterocycles. The van der Waals surface area contributed by atoms with Gasteiger partial charge in [-0.2, -0.15) is 0 Å². The molecule has 0 radical (unpaired) electrons. The average molecular weight is 240 g/mol. The summed E-state index contributed by atoms with van der Waals surface area (Å²) in [6.45, 7) is 3.54. The lowest BCUT2D eigenvalue weighted by molar-refractivity contribution is -0.127. The van der Waals surface area contributed by atoms with Gasteiger partial charge in [0.25, 0.3) is 0 Å². The van der Waals surface area contributed by atoms with Crippen LogP contribution in [-0.2, 0) is 14.3 Å². The molecular weight excluding hydrogens is 220 g/mol. The lowest BCUT2D eigenvalue weighted by atomic mass is 10.1. The summed E-state index contributed by atoms with van der Waals surface area (Å²) in [5, 5.41) is 2.91. The Morgan fingerprint density at radius 3 is 3.06 bits per heavy atom. The van der Waals surface area contributed by atoms with E-state index in [0.29, 0.717) is 26.2 Å². The quantitative estimate of drug-likeness (QED) is 0.696. The largest absolute Gasteiger partial charge is 0.381 e. The number of ether oxygens (including phenoxy) is 1. The minimum Gasteiger partial charge on any atom is -0.381 e. The van der Waals surface area contributed by atoms with E-state index >= 15 is 0 Å². The summed E-state index contributed by atoms with van der Waals surface area (Å²) < 4.78 is 5.17. The van der Waals surface area contributed by atoms with E-state index in [2.05, 4.69) is 5.32 Å². The van der Waals surface area contributed by atoms with Crippen LogP contribution in [0.15, 0.2) is 0 Å². The molecule has 0 aromatic rings. The first kappa shape index (κ1) is 12.4. The highest BCUT2D eigenvalue weighted by atomic mass is 16.5. The maximum Gasteiger partial charge on any atom is 0.225 e. The Bertz CT molecular complexity index is 287. The topological polar surface area (TPSA) is 58.6 Å². The number of likely N-dealkylation sites (tertiary alicyclic amines) is 1. The monoisotopic (exact) mass is 240 g/mol. The molecule has 5 heteroatoms. The molecular formula is C12H20N2O3. The van der Waals surface area contributed by atoms with Gasteiger partial charge in [-0.15, -0.1) is 0 Å². The first-order valence-electron chi connectivity index (χ1n) is 6.40. The highest BCUT2D eigenvalue weighted by Crippen LogP contribution is 2.12. The molecule has 1 atom stereocenters. The van der Waals surface area contributed by atoms with Crippen molar-refractivity contribution in [2.45, 2.75) is 25.7 Å². The van der Waals surface area contributed by atoms with Gasteiger partial charge < -0.3 is 15.0 Å². The first-order valence-corrected chi connectivity index (χ1v) is 6.40. The van der Waals surface area contributed by atoms with Crippen molar-refractivity contribution in [3.05, 3.63) is 0 Å². The van der Waals surface area contributed by atoms with Crippen LogP contribution in [-0.4, -0.2) is 49.6 Å². The van der Waals surface area contributed by atoms with E-state index in [0.717, 1.165) is 32.4 Å². The van der Waals surface area contributed by atoms with Gasteiger partial charge in [-0.05, 0) is 19.3 Å². The number of amides is 2. The summed E-state index contributed by atoms with van der Waals surface area (Å²) in [6.07, 6.45) is 3.33. The second kappa shape index (κ2) is 6.00. The molecule has 5 nitrogen and oxygen atoms in total. The van der Waals surface area contributed by atoms with Crippen LogP contribution in [0.1, 0.15) is 25.7 Å². The summed E-state index contributed by atoms with van der Waals surface area (Å²) in [7, 11) is 0. The zero-order valence-electron chi connectivity index (χ0n) is 10.1. The molecule has 1 N–H and O–H groups in total. The molecule has 2 aliphatic rings. The third-order valence-corrected chi connectivity index (χ3v) is 3.38. The summed E-state index contributed by atoms with van der Waals surface area (Å²) >= 11 is 0. The van der Waals surface area contributed by atoms with Crippen molar-refractivity contribution < 1.29 is 14.3 Å². The van der Waals surface area contributed by atoms with Crippen LogP contribution >= 0.6 is 0 Å². The number of rotatable bonds is 5. The molecule has 2 fully saturated rings. The van der Waals surface area contributed by atoms with Crippen molar-refractivity contribution in [1.29, 1.82) is 0 Å². The number of nitrogens with zero attached hydrogens (tertiary/aromatic N) is 1. The summed E-state index contributed by atoms with van der Waals surface area (Å²) in [5.74, 6) is 0.374. The predicted octanol–water partition coefficient (Wildman–Crippen LogP) is 0.152. The maximum absolute atomic E-state index is 11.6. The van der Waals surface area contributed by atoms with E-state index in [1.165, 1.54) is 0 Å². The molecule has 2 heterocycles. The van der Waals surface area contributed by atoms with Gasteiger partial charge in [0.05, 0.1) is 12.5 Å². The molecule has 17 heavy (non-hydrogen) atoms. The number of carbonyl (C=O) groups excluding carboxylic acids is 2. The maximum atomic E-state index is 11.6. The zero-order chi connectivity index (χ0) is 12.1. The fourth-order valence-electron chi connectivity index (χ4n) is 2.31. The fraction of sp³-hybridized carbons (Fsp3) is 0.833. The molecule has 2 aliphatic heterocycles. The third-order valence-electron chi connectivity index (χ3n) is 3.38. The first-order chi connectivity index (χ1) is 8.27. The fourth-order valence-corrected chi connectivity index (χ4v) is 2.31. The van der Waals surface area contributed by atoms with Crippen LogP contribution in [0.4, 0.5) is 0 Å². The van der Waals surface area contributed by atoms with Gasteiger partial charge in [0, 0.05) is 32.7 Å². The molecule has 0 bridgehead atoms. The summed E-state index contributed by atoms with van der Waals surface area (Å²) in [5.41, 5.74) is 0. The van der Waals surface area contributed by atoms with Crippen molar-refractivity contribution in [2.24, 2.45) is 5.92 Å². The standard InChI is InChI=1S/C12H20N2O3/c15-11-3-1-6-14(11)7-2-5-13-12(16)10-4-8-17-9-10/h10H,1-9H2,(H,13,16). The molecule has 0 aliphatic carbocycles. The highest BCUT2D eigenvalue weighted by molar-refractivity contribution is 5.79. The average Bonchev–Trinajstić information content (AvgIpc) is 2.96. The van der Waals surface area contributed by atoms with Crippen molar-refractivity contribution in [3.63, 3.8) is 0 Å². The van der Waals surface area contributed by atoms with Gasteiger partial charge in [-0.3, -0.25) is 9.59 Å². The van der Waals surface area contributed by atoms with Crippen molar-refractivity contribution in [3.8, 4) is 0 Å². The Balaban J connectivity index is 1.56. The van der Waals surface area contributed by atoms with E-state index in [1.54, 1.807) is 0 Å². The number of hydrogen-bond donors (Lipinski definition) is 1. The van der Waals surface area contributed by atoms with Crippen LogP contribution in [0, 0.1) is 5.92 Å². The molecule has 1 unspecified atom stereocenters. The van der Waals surface area contributed by atoms with Crippen LogP contribution in [0.3, 0.4) is 0 Å². The van der Waals surface area contributed by atoms with Crippen LogP contribution in [0.5, 0.6) is 0 Å². The SMILES string of the molecule is O=C(NCCCN1CCCC1=O)C1CCOC1. The Kier molecular flexibility index (Phi) is 4.36. The predicted molar refractivity (Wildman–Crippen MR) is 62.4 cm³/mol. The zero-order valence-corrected chi connectivity index (χ0v) is 10.1. The van der Waals surface area contributed by atoms with Gasteiger partial charge in [-0.25, -0.2) is 0 Å². The van der Waals surface area contributed by atoms with E-state index in [1.807, 2.05) is 4.90 Å². The van der Waals surface area contributed by atoms with Gasteiger partial charge in [0.1, 0.15) is 0 Å². The van der Waals surface area contributed by atoms with Crippen molar-refractivity contribution in [1.82, 2.24) is 10.2 Å². The summed E-state index contributed by atoms with van der Waals surface area (Å²) in [6, 6.07) is 0. The van der Waals surface area contributed by atoms with Crippen molar-refractivity contribution in [2.75, 3.05) is 32.8 Å². The van der Waals surface area contributed by atoms with Crippen LogP contribution in [0.25, 0.3) is 0 Å². The number of hydrogen-bond acceptors (Lipinski definition) is 3. The van der Waals surface area contributed by atoms with Crippen molar-refractivity contribution >= 4 is 11.8 Å². The summed E-state index contributed by atoms with van der Waals surface area (Å²) in [4.78, 5) is 24.8. The highest BCUT2D eigenvalue weighted by Gasteiger charge is 2.23. The van der Waals surface area contributed by atoms with E-state index in [4.69, 9.17) is 4.74 Å². The third kappa shape index (κ3) is 3.43. The van der Waals surface area contributed by atoms with Gasteiger partial charge in [0.15, 0.2) is 0 Å². The van der Waals surface area contributed by atoms with Crippen LogP contribution in [0.2, 0.25) is 0 Å². The Labute approximate surface area is 101 Å². The minimum atomic E-state index is 0.0309. The Morgan fingerprint density at radius 2 is 2.41 bits per heavy atom. The lowest BCUT2D eigenvalue weighted by Gasteiger charge is -2.15. The Morgan fingerprint density at radius 1 is 1.53 bits per heavy atom. The molecule has 0 aromatic carbocycles.